The highest BCUT2D eigenvalue weighted by Gasteiger charge is 2.69. The molecule has 4 heterocycles. The second-order valence-corrected chi connectivity index (χ2v) is 8.25. The van der Waals surface area contributed by atoms with Gasteiger partial charge in [0.2, 0.25) is 5.79 Å². The van der Waals surface area contributed by atoms with Crippen molar-refractivity contribution in [3.8, 4) is 0 Å². The van der Waals surface area contributed by atoms with Gasteiger partial charge in [-0.05, 0) is 45.1 Å². The first-order valence-corrected chi connectivity index (χ1v) is 9.46. The van der Waals surface area contributed by atoms with Gasteiger partial charge < -0.3 is 19.5 Å². The summed E-state index contributed by atoms with van der Waals surface area (Å²) in [5.74, 6) is 0.871. The third-order valence-corrected chi connectivity index (χ3v) is 6.73. The lowest BCUT2D eigenvalue weighted by atomic mass is 9.58. The van der Waals surface area contributed by atoms with Gasteiger partial charge in [0.25, 0.3) is 0 Å². The number of hydrogen-bond acceptors (Lipinski definition) is 6. The molecule has 5 rings (SSSR count). The van der Waals surface area contributed by atoms with Gasteiger partial charge in [0.1, 0.15) is 0 Å². The van der Waals surface area contributed by atoms with E-state index in [0.717, 1.165) is 25.8 Å². The Labute approximate surface area is 144 Å². The summed E-state index contributed by atoms with van der Waals surface area (Å²) < 4.78 is 18.6. The predicted octanol–water partition coefficient (Wildman–Crippen LogP) is 2.43. The van der Waals surface area contributed by atoms with Crippen molar-refractivity contribution in [3.63, 3.8) is 0 Å². The normalized spacial score (nSPS) is 53.5. The van der Waals surface area contributed by atoms with Crippen LogP contribution in [-0.2, 0) is 24.0 Å². The molecule has 138 valence electrons. The van der Waals surface area contributed by atoms with E-state index in [4.69, 9.17) is 24.0 Å². The molecule has 4 aliphatic heterocycles. The van der Waals surface area contributed by atoms with Crippen molar-refractivity contribution in [1.82, 2.24) is 5.32 Å². The Kier molecular flexibility index (Phi) is 4.43. The van der Waals surface area contributed by atoms with Crippen molar-refractivity contribution in [1.29, 1.82) is 0 Å². The van der Waals surface area contributed by atoms with Gasteiger partial charge in [0, 0.05) is 24.8 Å². The summed E-state index contributed by atoms with van der Waals surface area (Å²) in [6, 6.07) is 0. The second kappa shape index (κ2) is 6.18. The van der Waals surface area contributed by atoms with Crippen molar-refractivity contribution < 1.29 is 24.0 Å². The molecule has 6 heteroatoms. The van der Waals surface area contributed by atoms with Gasteiger partial charge in [-0.25, -0.2) is 9.78 Å². The van der Waals surface area contributed by atoms with Crippen LogP contribution in [0.2, 0.25) is 0 Å². The van der Waals surface area contributed by atoms with Crippen LogP contribution in [0, 0.1) is 23.7 Å². The van der Waals surface area contributed by atoms with E-state index in [-0.39, 0.29) is 12.2 Å². The minimum Gasteiger partial charge on any atom is -0.351 e. The van der Waals surface area contributed by atoms with E-state index in [0.29, 0.717) is 24.4 Å². The molecular weight excluding hydrogens is 310 g/mol. The molecule has 4 unspecified atom stereocenters. The fourth-order valence-corrected chi connectivity index (χ4v) is 5.34. The molecule has 0 aromatic heterocycles. The monoisotopic (exact) mass is 341 g/mol. The predicted molar refractivity (Wildman–Crippen MR) is 86.7 cm³/mol. The molecule has 4 saturated heterocycles. The Bertz CT molecular complexity index is 476. The molecule has 1 saturated carbocycles. The van der Waals surface area contributed by atoms with Crippen molar-refractivity contribution in [2.24, 2.45) is 23.7 Å². The van der Waals surface area contributed by atoms with Crippen molar-refractivity contribution in [2.45, 2.75) is 70.4 Å². The van der Waals surface area contributed by atoms with Crippen molar-refractivity contribution >= 4 is 0 Å². The molecule has 1 spiro atoms. The Balaban J connectivity index is 1.64. The van der Waals surface area contributed by atoms with Gasteiger partial charge in [0.05, 0.1) is 6.61 Å². The molecule has 1 aliphatic carbocycles. The highest BCUT2D eigenvalue weighted by Crippen LogP contribution is 2.60. The van der Waals surface area contributed by atoms with E-state index >= 15 is 0 Å². The van der Waals surface area contributed by atoms with E-state index in [2.05, 4.69) is 19.2 Å². The number of ether oxygens (including phenoxy) is 3. The lowest BCUT2D eigenvalue weighted by molar-refractivity contribution is -0.577. The Morgan fingerprint density at radius 2 is 1.96 bits per heavy atom. The summed E-state index contributed by atoms with van der Waals surface area (Å²) in [5, 5.41) is 3.11. The molecular formula is C18H31NO5. The fraction of sp³-hybridized carbons (Fsp3) is 1.00. The standard InChI is InChI=1S/C18H31NO5/c1-11-5-6-14-12(2)15(20-10-9-19-4)21-16-18(14)13(11)7-8-17(3,22-16)23-24-18/h11-16,19H,5-10H2,1-4H3/t11-,12-,13?,14?,15?,16-,17-,18?/m1/s1. The third-order valence-electron chi connectivity index (χ3n) is 6.73. The first-order chi connectivity index (χ1) is 11.5. The van der Waals surface area contributed by atoms with Crippen molar-refractivity contribution in [2.75, 3.05) is 20.2 Å². The summed E-state index contributed by atoms with van der Waals surface area (Å²) in [6.45, 7) is 7.94. The number of nitrogens with one attached hydrogen (secondary N) is 1. The summed E-state index contributed by atoms with van der Waals surface area (Å²) in [6.07, 6.45) is 3.57. The van der Waals surface area contributed by atoms with Crippen LogP contribution >= 0.6 is 0 Å². The van der Waals surface area contributed by atoms with E-state index in [1.54, 1.807) is 0 Å². The van der Waals surface area contributed by atoms with Crippen molar-refractivity contribution in [3.05, 3.63) is 0 Å². The third kappa shape index (κ3) is 2.46. The van der Waals surface area contributed by atoms with Gasteiger partial charge in [-0.15, -0.1) is 0 Å². The number of hydrogen-bond donors (Lipinski definition) is 1. The van der Waals surface area contributed by atoms with Crippen LogP contribution in [0.25, 0.3) is 0 Å². The molecule has 0 aromatic carbocycles. The molecule has 1 N–H and O–H groups in total. The molecule has 6 nitrogen and oxygen atoms in total. The maximum atomic E-state index is 6.33. The molecule has 8 atom stereocenters. The van der Waals surface area contributed by atoms with Crippen LogP contribution in [0.4, 0.5) is 0 Å². The minimum atomic E-state index is -0.715. The number of fused-ring (bicyclic) bond motifs is 2. The Morgan fingerprint density at radius 3 is 2.75 bits per heavy atom. The highest BCUT2D eigenvalue weighted by molar-refractivity contribution is 5.09. The van der Waals surface area contributed by atoms with Crippen LogP contribution in [0.3, 0.4) is 0 Å². The average Bonchev–Trinajstić information content (AvgIpc) is 2.78. The second-order valence-electron chi connectivity index (χ2n) is 8.25. The topological polar surface area (TPSA) is 58.2 Å². The average molecular weight is 341 g/mol. The lowest BCUT2D eigenvalue weighted by Crippen LogP contribution is -2.70. The van der Waals surface area contributed by atoms with Crippen LogP contribution in [-0.4, -0.2) is 44.2 Å². The largest absolute Gasteiger partial charge is 0.351 e. The smallest absolute Gasteiger partial charge is 0.201 e. The molecule has 0 radical (unpaired) electrons. The molecule has 5 aliphatic rings. The first-order valence-electron chi connectivity index (χ1n) is 9.46. The van der Waals surface area contributed by atoms with Crippen LogP contribution < -0.4 is 5.32 Å². The van der Waals surface area contributed by atoms with Crippen LogP contribution in [0.1, 0.15) is 46.5 Å². The molecule has 5 fully saturated rings. The van der Waals surface area contributed by atoms with E-state index in [1.165, 1.54) is 6.42 Å². The van der Waals surface area contributed by atoms with E-state index < -0.39 is 17.7 Å². The number of likely N-dealkylation sites (N-methyl/N-ethyl adjacent to an activating group) is 1. The molecule has 2 bridgehead atoms. The Hall–Kier alpha value is -0.240. The van der Waals surface area contributed by atoms with Gasteiger partial charge in [0.15, 0.2) is 18.2 Å². The maximum Gasteiger partial charge on any atom is 0.201 e. The molecule has 24 heavy (non-hydrogen) atoms. The zero-order chi connectivity index (χ0) is 16.9. The number of rotatable bonds is 4. The van der Waals surface area contributed by atoms with E-state index in [1.807, 2.05) is 14.0 Å². The van der Waals surface area contributed by atoms with Gasteiger partial charge in [-0.1, -0.05) is 13.8 Å². The highest BCUT2D eigenvalue weighted by atomic mass is 17.3. The van der Waals surface area contributed by atoms with Crippen LogP contribution in [0.15, 0.2) is 0 Å². The SMILES string of the molecule is CNCCOC1O[C@@H]2O[C@@]3(C)CCC4[C@H](C)CCC([C@H]1C)C42OO3. The summed E-state index contributed by atoms with van der Waals surface area (Å²) in [5.41, 5.74) is -0.490. The van der Waals surface area contributed by atoms with Gasteiger partial charge in [-0.2, -0.15) is 0 Å². The zero-order valence-electron chi connectivity index (χ0n) is 15.2. The first kappa shape index (κ1) is 17.2. The van der Waals surface area contributed by atoms with E-state index in [9.17, 15) is 0 Å². The fourth-order valence-electron chi connectivity index (χ4n) is 5.34. The lowest BCUT2D eigenvalue weighted by Gasteiger charge is -2.60. The summed E-state index contributed by atoms with van der Waals surface area (Å²) >= 11 is 0. The minimum absolute atomic E-state index is 0.250. The molecule has 0 amide bonds. The Morgan fingerprint density at radius 1 is 1.12 bits per heavy atom. The molecule has 0 aromatic rings. The summed E-state index contributed by atoms with van der Waals surface area (Å²) in [4.78, 5) is 11.9. The van der Waals surface area contributed by atoms with Crippen LogP contribution in [0.5, 0.6) is 0 Å². The maximum absolute atomic E-state index is 6.33. The van der Waals surface area contributed by atoms with Gasteiger partial charge in [-0.3, -0.25) is 0 Å². The zero-order valence-corrected chi connectivity index (χ0v) is 15.2. The summed E-state index contributed by atoms with van der Waals surface area (Å²) in [7, 11) is 1.93. The quantitative estimate of drug-likeness (QED) is 0.626. The van der Waals surface area contributed by atoms with Gasteiger partial charge >= 0.3 is 0 Å².